The van der Waals surface area contributed by atoms with E-state index in [2.05, 4.69) is 15.9 Å². The number of carbonyl (C=O) groups is 1. The van der Waals surface area contributed by atoms with Crippen LogP contribution >= 0.6 is 15.9 Å². The summed E-state index contributed by atoms with van der Waals surface area (Å²) < 4.78 is 23.6. The molecule has 0 unspecified atom stereocenters. The number of hydrogen-bond donors (Lipinski definition) is 1. The lowest BCUT2D eigenvalue weighted by atomic mass is 10.0. The quantitative estimate of drug-likeness (QED) is 0.843. The number of aryl methyl sites for hydroxylation is 1. The van der Waals surface area contributed by atoms with Gasteiger partial charge in [0, 0.05) is 16.5 Å². The Hall–Kier alpha value is -1.50. The minimum atomic E-state index is -3.73. The summed E-state index contributed by atoms with van der Waals surface area (Å²) >= 11 is 3.32. The number of sulfonamides is 1. The van der Waals surface area contributed by atoms with Crippen LogP contribution in [0.2, 0.25) is 0 Å². The molecule has 6 heteroatoms. The van der Waals surface area contributed by atoms with Gasteiger partial charge in [-0.1, -0.05) is 40.2 Å². The third-order valence-corrected chi connectivity index (χ3v) is 4.68. The zero-order valence-corrected chi connectivity index (χ0v) is 13.7. The summed E-state index contributed by atoms with van der Waals surface area (Å²) in [5.74, 6) is -0.0229. The summed E-state index contributed by atoms with van der Waals surface area (Å²) in [6.45, 7) is 1.66. The molecule has 0 atom stereocenters. The number of primary sulfonamides is 1. The third kappa shape index (κ3) is 4.00. The number of rotatable bonds is 4. The Kier molecular flexibility index (Phi) is 4.61. The van der Waals surface area contributed by atoms with Crippen molar-refractivity contribution in [2.45, 2.75) is 18.2 Å². The van der Waals surface area contributed by atoms with E-state index in [-0.39, 0.29) is 17.1 Å². The predicted octanol–water partition coefficient (Wildman–Crippen LogP) is 2.83. The minimum Gasteiger partial charge on any atom is -0.294 e. The van der Waals surface area contributed by atoms with E-state index in [0.717, 1.165) is 10.0 Å². The maximum Gasteiger partial charge on any atom is 0.238 e. The van der Waals surface area contributed by atoms with E-state index >= 15 is 0 Å². The van der Waals surface area contributed by atoms with Crippen molar-refractivity contribution in [3.8, 4) is 0 Å². The van der Waals surface area contributed by atoms with Crippen molar-refractivity contribution in [2.75, 3.05) is 0 Å². The molecule has 0 heterocycles. The van der Waals surface area contributed by atoms with Crippen molar-refractivity contribution in [1.82, 2.24) is 0 Å². The first-order valence-electron chi connectivity index (χ1n) is 6.18. The number of ketones is 1. The molecule has 0 amide bonds. The zero-order valence-electron chi connectivity index (χ0n) is 11.3. The Labute approximate surface area is 132 Å². The van der Waals surface area contributed by atoms with Gasteiger partial charge in [-0.2, -0.15) is 0 Å². The average molecular weight is 368 g/mol. The maximum atomic E-state index is 12.2. The largest absolute Gasteiger partial charge is 0.294 e. The molecule has 21 heavy (non-hydrogen) atoms. The first-order valence-corrected chi connectivity index (χ1v) is 8.52. The highest BCUT2D eigenvalue weighted by molar-refractivity contribution is 9.10. The Morgan fingerprint density at radius 2 is 1.76 bits per heavy atom. The zero-order chi connectivity index (χ0) is 15.6. The molecule has 110 valence electrons. The van der Waals surface area contributed by atoms with Gasteiger partial charge < -0.3 is 0 Å². The van der Waals surface area contributed by atoms with Gasteiger partial charge in [0.15, 0.2) is 5.78 Å². The van der Waals surface area contributed by atoms with Crippen LogP contribution in [-0.4, -0.2) is 14.2 Å². The van der Waals surface area contributed by atoms with Crippen molar-refractivity contribution >= 4 is 31.7 Å². The molecular weight excluding hydrogens is 354 g/mol. The van der Waals surface area contributed by atoms with Crippen LogP contribution in [0.3, 0.4) is 0 Å². The highest BCUT2D eigenvalue weighted by Crippen LogP contribution is 2.17. The van der Waals surface area contributed by atoms with E-state index in [1.807, 2.05) is 12.1 Å². The molecular formula is C15H14BrNO3S. The lowest BCUT2D eigenvalue weighted by Gasteiger charge is -2.07. The van der Waals surface area contributed by atoms with Crippen molar-refractivity contribution < 1.29 is 13.2 Å². The van der Waals surface area contributed by atoms with E-state index in [0.29, 0.717) is 11.1 Å². The van der Waals surface area contributed by atoms with Crippen LogP contribution < -0.4 is 5.14 Å². The van der Waals surface area contributed by atoms with E-state index in [1.54, 1.807) is 31.2 Å². The van der Waals surface area contributed by atoms with Crippen molar-refractivity contribution in [1.29, 1.82) is 0 Å². The number of hydrogen-bond acceptors (Lipinski definition) is 3. The van der Waals surface area contributed by atoms with Crippen LogP contribution in [0.5, 0.6) is 0 Å². The minimum absolute atomic E-state index is 0.0229. The van der Waals surface area contributed by atoms with Gasteiger partial charge in [-0.25, -0.2) is 13.6 Å². The molecule has 4 nitrogen and oxygen atoms in total. The molecule has 0 bridgehead atoms. The average Bonchev–Trinajstić information content (AvgIpc) is 2.37. The second kappa shape index (κ2) is 6.09. The maximum absolute atomic E-state index is 12.2. The smallest absolute Gasteiger partial charge is 0.238 e. The van der Waals surface area contributed by atoms with Gasteiger partial charge >= 0.3 is 0 Å². The van der Waals surface area contributed by atoms with Crippen LogP contribution in [0.4, 0.5) is 0 Å². The van der Waals surface area contributed by atoms with Gasteiger partial charge in [0.2, 0.25) is 10.0 Å². The summed E-state index contributed by atoms with van der Waals surface area (Å²) in [5, 5.41) is 5.11. The van der Waals surface area contributed by atoms with Crippen LogP contribution in [0.1, 0.15) is 21.5 Å². The van der Waals surface area contributed by atoms with Crippen molar-refractivity contribution in [3.63, 3.8) is 0 Å². The van der Waals surface area contributed by atoms with Crippen molar-refractivity contribution in [2.24, 2.45) is 5.14 Å². The Balaban J connectivity index is 2.22. The van der Waals surface area contributed by atoms with E-state index in [4.69, 9.17) is 5.14 Å². The number of benzene rings is 2. The summed E-state index contributed by atoms with van der Waals surface area (Å²) in [7, 11) is -3.73. The van der Waals surface area contributed by atoms with Gasteiger partial charge in [-0.05, 0) is 36.2 Å². The normalized spacial score (nSPS) is 11.4. The van der Waals surface area contributed by atoms with Gasteiger partial charge in [0.05, 0.1) is 4.90 Å². The molecule has 0 aliphatic rings. The van der Waals surface area contributed by atoms with Crippen LogP contribution in [0, 0.1) is 6.92 Å². The standard InChI is InChI=1S/C15H14BrNO3S/c1-10-8-11(2-7-15(10)21(17,19)20)9-14(18)12-3-5-13(16)6-4-12/h2-8H,9H2,1H3,(H2,17,19,20). The Morgan fingerprint density at radius 3 is 2.29 bits per heavy atom. The molecule has 2 rings (SSSR count). The van der Waals surface area contributed by atoms with Crippen LogP contribution in [0.25, 0.3) is 0 Å². The molecule has 0 spiro atoms. The molecule has 0 aliphatic carbocycles. The second-order valence-corrected chi connectivity index (χ2v) is 7.20. The fourth-order valence-corrected chi connectivity index (χ4v) is 3.09. The van der Waals surface area contributed by atoms with Crippen LogP contribution in [0.15, 0.2) is 51.8 Å². The first kappa shape index (κ1) is 15.9. The van der Waals surface area contributed by atoms with E-state index in [9.17, 15) is 13.2 Å². The highest BCUT2D eigenvalue weighted by atomic mass is 79.9. The Bertz CT molecular complexity index is 783. The number of carbonyl (C=O) groups excluding carboxylic acids is 1. The molecule has 0 fully saturated rings. The number of nitrogens with two attached hydrogens (primary N) is 1. The molecule has 0 aromatic heterocycles. The highest BCUT2D eigenvalue weighted by Gasteiger charge is 2.13. The summed E-state index contributed by atoms with van der Waals surface area (Å²) in [5.41, 5.74) is 1.91. The molecule has 0 radical (unpaired) electrons. The predicted molar refractivity (Wildman–Crippen MR) is 84.7 cm³/mol. The number of Topliss-reactive ketones (excluding diaryl/α,β-unsaturated/α-hetero) is 1. The number of halogens is 1. The Morgan fingerprint density at radius 1 is 1.14 bits per heavy atom. The van der Waals surface area contributed by atoms with Gasteiger partial charge in [-0.15, -0.1) is 0 Å². The van der Waals surface area contributed by atoms with Crippen LogP contribution in [-0.2, 0) is 16.4 Å². The van der Waals surface area contributed by atoms with Gasteiger partial charge in [0.1, 0.15) is 0 Å². The summed E-state index contributed by atoms with van der Waals surface area (Å²) in [6.07, 6.45) is 0.216. The first-order chi connectivity index (χ1) is 9.77. The monoisotopic (exact) mass is 367 g/mol. The topological polar surface area (TPSA) is 77.2 Å². The molecule has 2 N–H and O–H groups in total. The SMILES string of the molecule is Cc1cc(CC(=O)c2ccc(Br)cc2)ccc1S(N)(=O)=O. The summed E-state index contributed by atoms with van der Waals surface area (Å²) in [4.78, 5) is 12.2. The van der Waals surface area contributed by atoms with E-state index < -0.39 is 10.0 Å². The molecule has 0 saturated carbocycles. The molecule has 2 aromatic rings. The molecule has 0 aliphatic heterocycles. The molecule has 2 aromatic carbocycles. The van der Waals surface area contributed by atoms with Crippen molar-refractivity contribution in [3.05, 3.63) is 63.6 Å². The van der Waals surface area contributed by atoms with E-state index in [1.165, 1.54) is 6.07 Å². The van der Waals surface area contributed by atoms with Gasteiger partial charge in [0.25, 0.3) is 0 Å². The lowest BCUT2D eigenvalue weighted by molar-refractivity contribution is 0.0993. The van der Waals surface area contributed by atoms with Gasteiger partial charge in [-0.3, -0.25) is 4.79 Å². The second-order valence-electron chi connectivity index (χ2n) is 4.75. The molecule has 0 saturated heterocycles. The summed E-state index contributed by atoms with van der Waals surface area (Å²) in [6, 6.07) is 11.8. The fourth-order valence-electron chi connectivity index (χ4n) is 2.06. The third-order valence-electron chi connectivity index (χ3n) is 3.08. The lowest BCUT2D eigenvalue weighted by Crippen LogP contribution is -2.14. The fraction of sp³-hybridized carbons (Fsp3) is 0.133.